The largest absolute Gasteiger partial charge is 0.384 e. The number of hydrogen-bond donors (Lipinski definition) is 3. The van der Waals surface area contributed by atoms with Gasteiger partial charge in [0, 0.05) is 30.3 Å². The first kappa shape index (κ1) is 13.3. The van der Waals surface area contributed by atoms with Gasteiger partial charge in [0.1, 0.15) is 5.82 Å². The van der Waals surface area contributed by atoms with Gasteiger partial charge in [-0.2, -0.15) is 0 Å². The van der Waals surface area contributed by atoms with Gasteiger partial charge in [-0.25, -0.2) is 4.98 Å². The smallest absolute Gasteiger partial charge is 0.251 e. The molecule has 1 unspecified atom stereocenters. The van der Waals surface area contributed by atoms with Crippen LogP contribution in [0.4, 0.5) is 5.82 Å². The Labute approximate surface area is 111 Å². The molecule has 0 radical (unpaired) electrons. The molecule has 1 aliphatic rings. The molecule has 6 heteroatoms. The van der Waals surface area contributed by atoms with Crippen LogP contribution >= 0.6 is 0 Å². The Morgan fingerprint density at radius 3 is 3.00 bits per heavy atom. The van der Waals surface area contributed by atoms with Crippen molar-refractivity contribution in [2.24, 2.45) is 0 Å². The van der Waals surface area contributed by atoms with Crippen molar-refractivity contribution < 1.29 is 9.59 Å². The highest BCUT2D eigenvalue weighted by Crippen LogP contribution is 2.10. The number of rotatable bonds is 3. The Kier molecular flexibility index (Phi) is 3.99. The predicted molar refractivity (Wildman–Crippen MR) is 71.5 cm³/mol. The molecule has 1 aliphatic heterocycles. The molecule has 1 aromatic heterocycles. The average Bonchev–Trinajstić information content (AvgIpc) is 2.40. The third-order valence-corrected chi connectivity index (χ3v) is 3.12. The second-order valence-electron chi connectivity index (χ2n) is 4.64. The number of aromatic nitrogens is 1. The summed E-state index contributed by atoms with van der Waals surface area (Å²) in [6.45, 7) is 2.44. The van der Waals surface area contributed by atoms with Gasteiger partial charge in [0.2, 0.25) is 5.91 Å². The molecule has 1 aromatic rings. The summed E-state index contributed by atoms with van der Waals surface area (Å²) >= 11 is 0. The number of carbonyl (C=O) groups is 2. The van der Waals surface area contributed by atoms with Crippen LogP contribution < -0.4 is 16.4 Å². The first-order valence-corrected chi connectivity index (χ1v) is 6.42. The molecule has 0 aliphatic carbocycles. The lowest BCUT2D eigenvalue weighted by atomic mass is 10.1. The van der Waals surface area contributed by atoms with Crippen LogP contribution in [0.25, 0.3) is 0 Å². The quantitative estimate of drug-likeness (QED) is 0.726. The molecule has 1 fully saturated rings. The Morgan fingerprint density at radius 2 is 2.37 bits per heavy atom. The Bertz CT molecular complexity index is 491. The van der Waals surface area contributed by atoms with Gasteiger partial charge in [0.25, 0.3) is 5.91 Å². The van der Waals surface area contributed by atoms with E-state index in [4.69, 9.17) is 5.73 Å². The summed E-state index contributed by atoms with van der Waals surface area (Å²) in [6, 6.07) is 3.29. The van der Waals surface area contributed by atoms with E-state index in [1.165, 1.54) is 0 Å². The maximum Gasteiger partial charge on any atom is 0.251 e. The molecular weight excluding hydrogens is 244 g/mol. The monoisotopic (exact) mass is 262 g/mol. The zero-order chi connectivity index (χ0) is 13.8. The van der Waals surface area contributed by atoms with Crippen molar-refractivity contribution in [1.29, 1.82) is 0 Å². The van der Waals surface area contributed by atoms with E-state index in [0.29, 0.717) is 30.8 Å². The van der Waals surface area contributed by atoms with Crippen molar-refractivity contribution in [3.63, 3.8) is 0 Å². The molecule has 19 heavy (non-hydrogen) atoms. The summed E-state index contributed by atoms with van der Waals surface area (Å²) in [6.07, 6.45) is 1.84. The molecule has 0 bridgehead atoms. The molecule has 2 heterocycles. The van der Waals surface area contributed by atoms with E-state index in [0.717, 1.165) is 12.1 Å². The maximum atomic E-state index is 12.1. The van der Waals surface area contributed by atoms with E-state index in [-0.39, 0.29) is 17.9 Å². The number of amides is 2. The second kappa shape index (κ2) is 5.69. The second-order valence-corrected chi connectivity index (χ2v) is 4.64. The highest BCUT2D eigenvalue weighted by atomic mass is 16.2. The predicted octanol–water partition coefficient (Wildman–Crippen LogP) is 0.235. The highest BCUT2D eigenvalue weighted by Gasteiger charge is 2.20. The molecule has 4 N–H and O–H groups in total. The van der Waals surface area contributed by atoms with Crippen molar-refractivity contribution in [3.8, 4) is 0 Å². The van der Waals surface area contributed by atoms with Crippen LogP contribution in [0.3, 0.4) is 0 Å². The molecule has 0 aromatic carbocycles. The van der Waals surface area contributed by atoms with Crippen LogP contribution in [-0.2, 0) is 11.2 Å². The summed E-state index contributed by atoms with van der Waals surface area (Å²) < 4.78 is 0. The van der Waals surface area contributed by atoms with Crippen molar-refractivity contribution in [2.75, 3.05) is 12.3 Å². The Balaban J connectivity index is 2.03. The molecule has 2 rings (SSSR count). The first-order chi connectivity index (χ1) is 9.08. The Hall–Kier alpha value is -2.11. The van der Waals surface area contributed by atoms with Gasteiger partial charge in [0.15, 0.2) is 0 Å². The molecular formula is C13H18N4O2. The fraction of sp³-hybridized carbons (Fsp3) is 0.462. The van der Waals surface area contributed by atoms with E-state index in [1.807, 2.05) is 6.92 Å². The van der Waals surface area contributed by atoms with Crippen LogP contribution in [0, 0.1) is 0 Å². The molecule has 102 valence electrons. The van der Waals surface area contributed by atoms with E-state index < -0.39 is 0 Å². The van der Waals surface area contributed by atoms with E-state index >= 15 is 0 Å². The van der Waals surface area contributed by atoms with Crippen molar-refractivity contribution in [2.45, 2.75) is 32.2 Å². The summed E-state index contributed by atoms with van der Waals surface area (Å²) in [4.78, 5) is 27.3. The normalized spacial score (nSPS) is 18.8. The van der Waals surface area contributed by atoms with Gasteiger partial charge in [-0.05, 0) is 25.0 Å². The average molecular weight is 262 g/mol. The zero-order valence-electron chi connectivity index (χ0n) is 10.9. The Morgan fingerprint density at radius 1 is 1.58 bits per heavy atom. The molecule has 2 amide bonds. The molecule has 0 spiro atoms. The molecule has 1 saturated heterocycles. The third kappa shape index (κ3) is 3.43. The van der Waals surface area contributed by atoms with Crippen molar-refractivity contribution in [1.82, 2.24) is 15.6 Å². The number of carbonyl (C=O) groups excluding carboxylic acids is 2. The maximum absolute atomic E-state index is 12.1. The highest BCUT2D eigenvalue weighted by molar-refractivity contribution is 5.95. The number of nitrogens with two attached hydrogens (primary N) is 1. The lowest BCUT2D eigenvalue weighted by Gasteiger charge is -2.23. The number of nitrogens with zero attached hydrogens (tertiary/aromatic N) is 1. The van der Waals surface area contributed by atoms with E-state index in [2.05, 4.69) is 15.6 Å². The van der Waals surface area contributed by atoms with Gasteiger partial charge in [-0.3, -0.25) is 9.59 Å². The lowest BCUT2D eigenvalue weighted by molar-refractivity contribution is -0.122. The number of anilines is 1. The van der Waals surface area contributed by atoms with Crippen molar-refractivity contribution >= 4 is 17.6 Å². The lowest BCUT2D eigenvalue weighted by Crippen LogP contribution is -2.47. The standard InChI is InChI=1S/C13H18N4O2/c1-2-9-5-8(6-11(14)16-9)13(19)17-10-3-4-12(18)15-7-10/h5-6,10H,2-4,7H2,1H3,(H2,14,16)(H,15,18)(H,17,19). The van der Waals surface area contributed by atoms with Crippen LogP contribution in [0.1, 0.15) is 35.8 Å². The van der Waals surface area contributed by atoms with E-state index in [1.54, 1.807) is 12.1 Å². The van der Waals surface area contributed by atoms with Crippen LogP contribution in [0.5, 0.6) is 0 Å². The first-order valence-electron chi connectivity index (χ1n) is 6.42. The number of nitrogen functional groups attached to an aromatic ring is 1. The number of pyridine rings is 1. The number of piperidine rings is 1. The summed E-state index contributed by atoms with van der Waals surface area (Å²) in [5.41, 5.74) is 6.98. The minimum absolute atomic E-state index is 0.0235. The number of aryl methyl sites for hydroxylation is 1. The van der Waals surface area contributed by atoms with Crippen LogP contribution in [0.15, 0.2) is 12.1 Å². The summed E-state index contributed by atoms with van der Waals surface area (Å²) in [7, 11) is 0. The number of hydrogen-bond acceptors (Lipinski definition) is 4. The van der Waals surface area contributed by atoms with Crippen LogP contribution in [-0.4, -0.2) is 29.4 Å². The fourth-order valence-electron chi connectivity index (χ4n) is 2.05. The van der Waals surface area contributed by atoms with Gasteiger partial charge >= 0.3 is 0 Å². The zero-order valence-corrected chi connectivity index (χ0v) is 10.9. The summed E-state index contributed by atoms with van der Waals surface area (Å²) in [5.74, 6) is 0.207. The van der Waals surface area contributed by atoms with Gasteiger partial charge < -0.3 is 16.4 Å². The molecule has 1 atom stereocenters. The third-order valence-electron chi connectivity index (χ3n) is 3.12. The summed E-state index contributed by atoms with van der Waals surface area (Å²) in [5, 5.41) is 5.63. The van der Waals surface area contributed by atoms with Gasteiger partial charge in [0.05, 0.1) is 0 Å². The van der Waals surface area contributed by atoms with E-state index in [9.17, 15) is 9.59 Å². The van der Waals surface area contributed by atoms with Gasteiger partial charge in [-0.15, -0.1) is 0 Å². The minimum atomic E-state index is -0.176. The van der Waals surface area contributed by atoms with Crippen molar-refractivity contribution in [3.05, 3.63) is 23.4 Å². The molecule has 0 saturated carbocycles. The van der Waals surface area contributed by atoms with Crippen LogP contribution in [0.2, 0.25) is 0 Å². The number of nitrogens with one attached hydrogen (secondary N) is 2. The van der Waals surface area contributed by atoms with Gasteiger partial charge in [-0.1, -0.05) is 6.92 Å². The minimum Gasteiger partial charge on any atom is -0.384 e. The molecule has 6 nitrogen and oxygen atoms in total. The SMILES string of the molecule is CCc1cc(C(=O)NC2CCC(=O)NC2)cc(N)n1. The topological polar surface area (TPSA) is 97.1 Å². The fourth-order valence-corrected chi connectivity index (χ4v) is 2.05.